The molecule has 0 aromatic heterocycles. The van der Waals surface area contributed by atoms with E-state index in [1.165, 1.54) is 0 Å². The van der Waals surface area contributed by atoms with Crippen LogP contribution in [-0.2, 0) is 0 Å². The maximum Gasteiger partial charge on any atom is 0.0753 e. The molecule has 3 unspecified atom stereocenters. The van der Waals surface area contributed by atoms with Crippen LogP contribution in [0, 0.1) is 5.92 Å². The molecule has 1 aliphatic rings. The molecule has 9 heavy (non-hydrogen) atoms. The Hall–Kier alpha value is -0.120. The molecule has 0 radical (unpaired) electrons. The molecular weight excluding hydrogens is 118 g/mol. The molecule has 1 heterocycles. The minimum absolute atomic E-state index is 0.0332. The van der Waals surface area contributed by atoms with Crippen molar-refractivity contribution in [2.75, 3.05) is 13.2 Å². The zero-order chi connectivity index (χ0) is 6.85. The lowest BCUT2D eigenvalue weighted by molar-refractivity contribution is 0.0955. The van der Waals surface area contributed by atoms with Crippen molar-refractivity contribution in [2.45, 2.75) is 19.1 Å². The Kier molecular flexibility index (Phi) is 2.05. The number of hydrogen-bond acceptors (Lipinski definition) is 3. The van der Waals surface area contributed by atoms with Crippen LogP contribution < -0.4 is 5.32 Å². The number of rotatable bonds is 1. The summed E-state index contributed by atoms with van der Waals surface area (Å²) >= 11 is 0. The quantitative estimate of drug-likeness (QED) is 0.425. The van der Waals surface area contributed by atoms with Gasteiger partial charge in [-0.2, -0.15) is 0 Å². The Morgan fingerprint density at radius 3 is 2.56 bits per heavy atom. The fraction of sp³-hybridized carbons (Fsp3) is 1.00. The Balaban J connectivity index is 2.41. The van der Waals surface area contributed by atoms with Crippen molar-refractivity contribution in [3.8, 4) is 0 Å². The van der Waals surface area contributed by atoms with E-state index in [1.807, 2.05) is 6.92 Å². The Morgan fingerprint density at radius 2 is 2.33 bits per heavy atom. The smallest absolute Gasteiger partial charge is 0.0753 e. The van der Waals surface area contributed by atoms with E-state index in [0.29, 0.717) is 0 Å². The van der Waals surface area contributed by atoms with Crippen molar-refractivity contribution >= 4 is 0 Å². The predicted molar refractivity (Wildman–Crippen MR) is 34.0 cm³/mol. The molecule has 1 fully saturated rings. The number of aliphatic hydroxyl groups excluding tert-OH is 2. The van der Waals surface area contributed by atoms with Crippen molar-refractivity contribution in [1.82, 2.24) is 5.32 Å². The second-order valence-electron chi connectivity index (χ2n) is 2.67. The molecule has 3 atom stereocenters. The summed E-state index contributed by atoms with van der Waals surface area (Å²) in [6, 6.07) is -0.0972. The van der Waals surface area contributed by atoms with Gasteiger partial charge in [0.1, 0.15) is 0 Å². The van der Waals surface area contributed by atoms with Crippen molar-refractivity contribution in [3.05, 3.63) is 0 Å². The van der Waals surface area contributed by atoms with Crippen LogP contribution in [0.5, 0.6) is 0 Å². The first-order valence-corrected chi connectivity index (χ1v) is 3.28. The van der Waals surface area contributed by atoms with Crippen molar-refractivity contribution in [2.24, 2.45) is 5.92 Å². The van der Waals surface area contributed by atoms with Gasteiger partial charge in [0.15, 0.2) is 0 Å². The van der Waals surface area contributed by atoms with Gasteiger partial charge < -0.3 is 15.5 Å². The standard InChI is InChI=1S/C6H13NO2/c1-4-2-7-5(3-8)6(4)9/h4-9H,2-3H2,1H3. The van der Waals surface area contributed by atoms with E-state index < -0.39 is 0 Å². The van der Waals surface area contributed by atoms with Gasteiger partial charge in [-0.05, 0) is 5.92 Å². The van der Waals surface area contributed by atoms with Crippen LogP contribution in [0.15, 0.2) is 0 Å². The minimum atomic E-state index is -0.366. The lowest BCUT2D eigenvalue weighted by Gasteiger charge is -2.12. The largest absolute Gasteiger partial charge is 0.395 e. The summed E-state index contributed by atoms with van der Waals surface area (Å²) in [6.45, 7) is 2.81. The molecule has 1 aliphatic heterocycles. The summed E-state index contributed by atoms with van der Waals surface area (Å²) < 4.78 is 0. The van der Waals surface area contributed by atoms with Crippen LogP contribution in [-0.4, -0.2) is 35.5 Å². The second kappa shape index (κ2) is 2.64. The predicted octanol–water partition coefficient (Wildman–Crippen LogP) is -1.05. The molecule has 0 aromatic carbocycles. The molecule has 3 nitrogen and oxygen atoms in total. The average Bonchev–Trinajstić information content (AvgIpc) is 2.15. The van der Waals surface area contributed by atoms with Crippen molar-refractivity contribution in [1.29, 1.82) is 0 Å². The number of nitrogens with one attached hydrogen (secondary N) is 1. The average molecular weight is 131 g/mol. The number of hydrogen-bond donors (Lipinski definition) is 3. The van der Waals surface area contributed by atoms with Gasteiger partial charge in [-0.3, -0.25) is 0 Å². The first-order valence-electron chi connectivity index (χ1n) is 3.28. The van der Waals surface area contributed by atoms with Crippen molar-refractivity contribution < 1.29 is 10.2 Å². The van der Waals surface area contributed by atoms with E-state index in [2.05, 4.69) is 5.32 Å². The summed E-state index contributed by atoms with van der Waals surface area (Å²) in [5.41, 5.74) is 0. The van der Waals surface area contributed by atoms with Gasteiger partial charge >= 0.3 is 0 Å². The highest BCUT2D eigenvalue weighted by Gasteiger charge is 2.30. The van der Waals surface area contributed by atoms with E-state index in [0.717, 1.165) is 6.54 Å². The van der Waals surface area contributed by atoms with Crippen LogP contribution in [0.4, 0.5) is 0 Å². The van der Waals surface area contributed by atoms with Gasteiger partial charge in [0, 0.05) is 6.54 Å². The molecule has 3 N–H and O–H groups in total. The lowest BCUT2D eigenvalue weighted by atomic mass is 10.1. The summed E-state index contributed by atoms with van der Waals surface area (Å²) in [7, 11) is 0. The van der Waals surface area contributed by atoms with Crippen LogP contribution in [0.1, 0.15) is 6.92 Å². The summed E-state index contributed by atoms with van der Waals surface area (Å²) in [5, 5.41) is 20.9. The van der Waals surface area contributed by atoms with E-state index in [-0.39, 0.29) is 24.7 Å². The first-order chi connectivity index (χ1) is 4.25. The van der Waals surface area contributed by atoms with Gasteiger partial charge in [-0.1, -0.05) is 6.92 Å². The Bertz CT molecular complexity index is 97.1. The molecule has 1 rings (SSSR count). The molecule has 0 aromatic rings. The third kappa shape index (κ3) is 1.23. The topological polar surface area (TPSA) is 52.5 Å². The molecule has 0 aliphatic carbocycles. The third-order valence-corrected chi connectivity index (χ3v) is 1.89. The number of aliphatic hydroxyl groups is 2. The van der Waals surface area contributed by atoms with Gasteiger partial charge in [-0.25, -0.2) is 0 Å². The highest BCUT2D eigenvalue weighted by molar-refractivity contribution is 4.87. The van der Waals surface area contributed by atoms with Crippen LogP contribution in [0.3, 0.4) is 0 Å². The minimum Gasteiger partial charge on any atom is -0.395 e. The normalized spacial score (nSPS) is 43.7. The van der Waals surface area contributed by atoms with Gasteiger partial charge in [0.2, 0.25) is 0 Å². The molecular formula is C6H13NO2. The summed E-state index contributed by atoms with van der Waals surface area (Å²) in [6.07, 6.45) is -0.366. The van der Waals surface area contributed by atoms with Gasteiger partial charge in [0.05, 0.1) is 18.8 Å². The van der Waals surface area contributed by atoms with Crippen LogP contribution >= 0.6 is 0 Å². The molecule has 0 spiro atoms. The highest BCUT2D eigenvalue weighted by Crippen LogP contribution is 2.12. The third-order valence-electron chi connectivity index (χ3n) is 1.89. The highest BCUT2D eigenvalue weighted by atomic mass is 16.3. The van der Waals surface area contributed by atoms with Crippen LogP contribution in [0.2, 0.25) is 0 Å². The summed E-state index contributed by atoms with van der Waals surface area (Å²) in [5.74, 6) is 0.280. The maximum absolute atomic E-state index is 9.23. The lowest BCUT2D eigenvalue weighted by Crippen LogP contribution is -2.34. The first kappa shape index (κ1) is 6.99. The van der Waals surface area contributed by atoms with E-state index in [4.69, 9.17) is 5.11 Å². The monoisotopic (exact) mass is 131 g/mol. The fourth-order valence-corrected chi connectivity index (χ4v) is 1.15. The Morgan fingerprint density at radius 1 is 1.67 bits per heavy atom. The SMILES string of the molecule is CC1CNC(CO)C1O. The second-order valence-corrected chi connectivity index (χ2v) is 2.67. The zero-order valence-electron chi connectivity index (χ0n) is 5.54. The van der Waals surface area contributed by atoms with Gasteiger partial charge in [0.25, 0.3) is 0 Å². The maximum atomic E-state index is 9.23. The van der Waals surface area contributed by atoms with E-state index >= 15 is 0 Å². The van der Waals surface area contributed by atoms with Crippen LogP contribution in [0.25, 0.3) is 0 Å². The van der Waals surface area contributed by atoms with Crippen molar-refractivity contribution in [3.63, 3.8) is 0 Å². The van der Waals surface area contributed by atoms with Gasteiger partial charge in [-0.15, -0.1) is 0 Å². The molecule has 0 amide bonds. The summed E-state index contributed by atoms with van der Waals surface area (Å²) in [4.78, 5) is 0. The van der Waals surface area contributed by atoms with E-state index in [1.54, 1.807) is 0 Å². The molecule has 0 bridgehead atoms. The molecule has 3 heteroatoms. The zero-order valence-corrected chi connectivity index (χ0v) is 5.54. The van der Waals surface area contributed by atoms with E-state index in [9.17, 15) is 5.11 Å². The molecule has 0 saturated carbocycles. The molecule has 54 valence electrons. The Labute approximate surface area is 54.7 Å². The fourth-order valence-electron chi connectivity index (χ4n) is 1.15. The molecule has 1 saturated heterocycles.